The quantitative estimate of drug-likeness (QED) is 0.500. The number of hydrogen-bond acceptors (Lipinski definition) is 3. The summed E-state index contributed by atoms with van der Waals surface area (Å²) in [6.45, 7) is 4.21. The van der Waals surface area contributed by atoms with E-state index in [1.807, 2.05) is 6.07 Å². The molecule has 20 heavy (non-hydrogen) atoms. The van der Waals surface area contributed by atoms with Crippen molar-refractivity contribution < 1.29 is 4.39 Å². The fourth-order valence-electron chi connectivity index (χ4n) is 2.09. The number of rotatable bonds is 5. The molecule has 2 aromatic carbocycles. The SMILES string of the molecule is Cc1cccc(C(CSc2ccc(F)cc2)NN)c1C. The lowest BCUT2D eigenvalue weighted by atomic mass is 9.99. The molecule has 2 rings (SSSR count). The minimum absolute atomic E-state index is 0.0740. The van der Waals surface area contributed by atoms with Gasteiger partial charge in [-0.05, 0) is 54.8 Å². The van der Waals surface area contributed by atoms with Crippen LogP contribution in [0.1, 0.15) is 22.7 Å². The molecule has 0 spiro atoms. The van der Waals surface area contributed by atoms with Gasteiger partial charge in [-0.2, -0.15) is 0 Å². The van der Waals surface area contributed by atoms with Crippen LogP contribution >= 0.6 is 11.8 Å². The lowest BCUT2D eigenvalue weighted by Crippen LogP contribution is -2.30. The first kappa shape index (κ1) is 15.0. The molecule has 0 aliphatic heterocycles. The van der Waals surface area contributed by atoms with Crippen LogP contribution in [0.2, 0.25) is 0 Å². The standard InChI is InChI=1S/C16H19FN2S/c1-11-4-3-5-15(12(11)2)16(19-18)10-20-14-8-6-13(17)7-9-14/h3-9,16,19H,10,18H2,1-2H3. The van der Waals surface area contributed by atoms with Gasteiger partial charge in [-0.15, -0.1) is 11.8 Å². The Kier molecular flexibility index (Phi) is 5.17. The first-order valence-corrected chi connectivity index (χ1v) is 7.51. The zero-order valence-corrected chi connectivity index (χ0v) is 12.5. The van der Waals surface area contributed by atoms with Crippen LogP contribution in [-0.2, 0) is 0 Å². The van der Waals surface area contributed by atoms with E-state index >= 15 is 0 Å². The van der Waals surface area contributed by atoms with Gasteiger partial charge in [0, 0.05) is 10.6 Å². The third kappa shape index (κ3) is 3.60. The van der Waals surface area contributed by atoms with Gasteiger partial charge in [0.2, 0.25) is 0 Å². The highest BCUT2D eigenvalue weighted by Gasteiger charge is 2.13. The summed E-state index contributed by atoms with van der Waals surface area (Å²) < 4.78 is 12.9. The van der Waals surface area contributed by atoms with Gasteiger partial charge in [-0.3, -0.25) is 11.3 Å². The van der Waals surface area contributed by atoms with Gasteiger partial charge < -0.3 is 0 Å². The van der Waals surface area contributed by atoms with Crippen LogP contribution < -0.4 is 11.3 Å². The van der Waals surface area contributed by atoms with E-state index in [4.69, 9.17) is 5.84 Å². The normalized spacial score (nSPS) is 12.4. The fourth-order valence-corrected chi connectivity index (χ4v) is 3.05. The molecule has 1 atom stereocenters. The second kappa shape index (κ2) is 6.88. The molecule has 0 radical (unpaired) electrons. The average Bonchev–Trinajstić information content (AvgIpc) is 2.45. The molecule has 3 N–H and O–H groups in total. The summed E-state index contributed by atoms with van der Waals surface area (Å²) in [4.78, 5) is 1.04. The number of halogens is 1. The van der Waals surface area contributed by atoms with Crippen molar-refractivity contribution in [2.75, 3.05) is 5.75 Å². The maximum Gasteiger partial charge on any atom is 0.123 e. The van der Waals surface area contributed by atoms with Gasteiger partial charge in [0.05, 0.1) is 6.04 Å². The smallest absolute Gasteiger partial charge is 0.123 e. The zero-order valence-electron chi connectivity index (χ0n) is 11.7. The molecule has 2 nitrogen and oxygen atoms in total. The average molecular weight is 290 g/mol. The van der Waals surface area contributed by atoms with E-state index in [2.05, 4.69) is 31.4 Å². The molecule has 0 fully saturated rings. The van der Waals surface area contributed by atoms with Gasteiger partial charge in [-0.25, -0.2) is 4.39 Å². The van der Waals surface area contributed by atoms with Crippen molar-refractivity contribution in [1.29, 1.82) is 0 Å². The van der Waals surface area contributed by atoms with Gasteiger partial charge in [0.1, 0.15) is 5.82 Å². The molecule has 0 aliphatic carbocycles. The van der Waals surface area contributed by atoms with Crippen LogP contribution in [0.3, 0.4) is 0 Å². The van der Waals surface area contributed by atoms with Crippen molar-refractivity contribution in [3.8, 4) is 0 Å². The van der Waals surface area contributed by atoms with Crippen molar-refractivity contribution in [2.45, 2.75) is 24.8 Å². The van der Waals surface area contributed by atoms with Crippen LogP contribution in [-0.4, -0.2) is 5.75 Å². The van der Waals surface area contributed by atoms with Crippen LogP contribution in [0.4, 0.5) is 4.39 Å². The van der Waals surface area contributed by atoms with E-state index in [1.165, 1.54) is 28.8 Å². The first-order valence-electron chi connectivity index (χ1n) is 6.52. The Labute approximate surface area is 123 Å². The highest BCUT2D eigenvalue weighted by molar-refractivity contribution is 7.99. The molecule has 0 saturated heterocycles. The largest absolute Gasteiger partial charge is 0.271 e. The summed E-state index contributed by atoms with van der Waals surface area (Å²) >= 11 is 1.66. The number of nitrogens with two attached hydrogens (primary N) is 1. The summed E-state index contributed by atoms with van der Waals surface area (Å²) in [5, 5.41) is 0. The summed E-state index contributed by atoms with van der Waals surface area (Å²) in [5.74, 6) is 6.28. The molecule has 0 amide bonds. The lowest BCUT2D eigenvalue weighted by Gasteiger charge is -2.19. The summed E-state index contributed by atoms with van der Waals surface area (Å²) in [5.41, 5.74) is 6.60. The Morgan fingerprint density at radius 2 is 1.85 bits per heavy atom. The van der Waals surface area contributed by atoms with Crippen molar-refractivity contribution in [2.24, 2.45) is 5.84 Å². The monoisotopic (exact) mass is 290 g/mol. The Morgan fingerprint density at radius 1 is 1.15 bits per heavy atom. The van der Waals surface area contributed by atoms with Crippen LogP contribution in [0.5, 0.6) is 0 Å². The minimum atomic E-state index is -0.211. The fraction of sp³-hybridized carbons (Fsp3) is 0.250. The number of thioether (sulfide) groups is 1. The predicted molar refractivity (Wildman–Crippen MR) is 83.1 cm³/mol. The number of aryl methyl sites for hydroxylation is 1. The number of hydrazine groups is 1. The molecule has 0 heterocycles. The van der Waals surface area contributed by atoms with Crippen LogP contribution in [0, 0.1) is 19.7 Å². The molecular formula is C16H19FN2S. The van der Waals surface area contributed by atoms with E-state index in [0.29, 0.717) is 0 Å². The van der Waals surface area contributed by atoms with Crippen molar-refractivity contribution in [3.63, 3.8) is 0 Å². The molecule has 0 bridgehead atoms. The van der Waals surface area contributed by atoms with Crippen molar-refractivity contribution in [1.82, 2.24) is 5.43 Å². The number of hydrogen-bond donors (Lipinski definition) is 2. The zero-order chi connectivity index (χ0) is 14.5. The molecular weight excluding hydrogens is 271 g/mol. The third-order valence-corrected chi connectivity index (χ3v) is 4.56. The van der Waals surface area contributed by atoms with E-state index < -0.39 is 0 Å². The van der Waals surface area contributed by atoms with Crippen LogP contribution in [0.15, 0.2) is 47.4 Å². The molecule has 0 aliphatic rings. The Bertz CT molecular complexity index is 569. The first-order chi connectivity index (χ1) is 9.61. The summed E-state index contributed by atoms with van der Waals surface area (Å²) in [6.07, 6.45) is 0. The minimum Gasteiger partial charge on any atom is -0.271 e. The highest BCUT2D eigenvalue weighted by atomic mass is 32.2. The van der Waals surface area contributed by atoms with Crippen LogP contribution in [0.25, 0.3) is 0 Å². The summed E-state index contributed by atoms with van der Waals surface area (Å²) in [6, 6.07) is 12.8. The Hall–Kier alpha value is -1.36. The summed E-state index contributed by atoms with van der Waals surface area (Å²) in [7, 11) is 0. The van der Waals surface area contributed by atoms with Gasteiger partial charge in [0.15, 0.2) is 0 Å². The Balaban J connectivity index is 2.09. The second-order valence-corrected chi connectivity index (χ2v) is 5.87. The molecule has 0 saturated carbocycles. The van der Waals surface area contributed by atoms with E-state index in [0.717, 1.165) is 10.6 Å². The van der Waals surface area contributed by atoms with E-state index in [1.54, 1.807) is 23.9 Å². The maximum atomic E-state index is 12.9. The Morgan fingerprint density at radius 3 is 2.50 bits per heavy atom. The number of nitrogens with one attached hydrogen (secondary N) is 1. The van der Waals surface area contributed by atoms with E-state index in [-0.39, 0.29) is 11.9 Å². The number of benzene rings is 2. The third-order valence-electron chi connectivity index (χ3n) is 3.45. The highest BCUT2D eigenvalue weighted by Crippen LogP contribution is 2.27. The van der Waals surface area contributed by atoms with Gasteiger partial charge in [-0.1, -0.05) is 18.2 Å². The van der Waals surface area contributed by atoms with Crippen molar-refractivity contribution in [3.05, 3.63) is 65.0 Å². The van der Waals surface area contributed by atoms with E-state index in [9.17, 15) is 4.39 Å². The molecule has 2 aromatic rings. The molecule has 4 heteroatoms. The molecule has 106 valence electrons. The predicted octanol–water partition coefficient (Wildman–Crippen LogP) is 3.74. The maximum absolute atomic E-state index is 12.9. The topological polar surface area (TPSA) is 38.0 Å². The second-order valence-electron chi connectivity index (χ2n) is 4.77. The molecule has 0 aromatic heterocycles. The van der Waals surface area contributed by atoms with Crippen molar-refractivity contribution >= 4 is 11.8 Å². The lowest BCUT2D eigenvalue weighted by molar-refractivity contribution is 0.607. The van der Waals surface area contributed by atoms with Gasteiger partial charge in [0.25, 0.3) is 0 Å². The molecule has 1 unspecified atom stereocenters. The van der Waals surface area contributed by atoms with Gasteiger partial charge >= 0.3 is 0 Å².